The summed E-state index contributed by atoms with van der Waals surface area (Å²) in [6, 6.07) is 0. The zero-order valence-corrected chi connectivity index (χ0v) is 5.87. The van der Waals surface area contributed by atoms with Crippen LogP contribution in [0.3, 0.4) is 0 Å². The molecule has 0 heterocycles. The van der Waals surface area contributed by atoms with Crippen molar-refractivity contribution in [2.75, 3.05) is 0 Å². The number of hydrogen-bond donors (Lipinski definition) is 2. The fourth-order valence-electron chi connectivity index (χ4n) is 0.427. The minimum Gasteiger partial charge on any atom is -0.390 e. The Hall–Kier alpha value is -0.740. The van der Waals surface area contributed by atoms with Gasteiger partial charge in [0, 0.05) is 6.92 Å². The molecule has 0 saturated heterocycles. The van der Waals surface area contributed by atoms with Gasteiger partial charge in [-0.15, -0.1) is 0 Å². The van der Waals surface area contributed by atoms with E-state index < -0.39 is 23.8 Å². The van der Waals surface area contributed by atoms with E-state index in [1.807, 2.05) is 0 Å². The first kappa shape index (κ1) is 9.26. The zero-order chi connectivity index (χ0) is 8.31. The van der Waals surface area contributed by atoms with E-state index in [9.17, 15) is 9.59 Å². The van der Waals surface area contributed by atoms with Crippen molar-refractivity contribution in [3.8, 4) is 0 Å². The summed E-state index contributed by atoms with van der Waals surface area (Å²) in [5.41, 5.74) is 0. The number of carbonyl (C=O) groups is 2. The normalized spacial score (nSPS) is 16.0. The molecule has 0 unspecified atom stereocenters. The topological polar surface area (TPSA) is 74.6 Å². The van der Waals surface area contributed by atoms with E-state index >= 15 is 0 Å². The molecule has 0 rings (SSSR count). The molecule has 2 N–H and O–H groups in total. The Balaban J connectivity index is 4.08. The number of ketones is 2. The van der Waals surface area contributed by atoms with E-state index in [0.717, 1.165) is 6.92 Å². The SMILES string of the molecule is CC(=O)C(=O)[C@@H](O)[C@@H](C)O. The molecule has 0 aromatic carbocycles. The molecule has 0 aliphatic rings. The zero-order valence-electron chi connectivity index (χ0n) is 5.87. The molecule has 0 aliphatic carbocycles. The van der Waals surface area contributed by atoms with Crippen molar-refractivity contribution in [3.63, 3.8) is 0 Å². The molecule has 0 spiro atoms. The lowest BCUT2D eigenvalue weighted by Crippen LogP contribution is -2.35. The highest BCUT2D eigenvalue weighted by molar-refractivity contribution is 6.38. The van der Waals surface area contributed by atoms with Crippen LogP contribution in [0, 0.1) is 0 Å². The molecule has 0 fully saturated rings. The predicted molar refractivity (Wildman–Crippen MR) is 33.4 cm³/mol. The van der Waals surface area contributed by atoms with Gasteiger partial charge >= 0.3 is 0 Å². The van der Waals surface area contributed by atoms with Crippen LogP contribution in [0.15, 0.2) is 0 Å². The second-order valence-electron chi connectivity index (χ2n) is 2.11. The van der Waals surface area contributed by atoms with Crippen LogP contribution in [-0.2, 0) is 9.59 Å². The van der Waals surface area contributed by atoms with Gasteiger partial charge < -0.3 is 10.2 Å². The number of hydrogen-bond acceptors (Lipinski definition) is 4. The lowest BCUT2D eigenvalue weighted by atomic mass is 10.1. The Morgan fingerprint density at radius 2 is 1.70 bits per heavy atom. The van der Waals surface area contributed by atoms with Crippen LogP contribution in [0.5, 0.6) is 0 Å². The minimum atomic E-state index is -1.57. The van der Waals surface area contributed by atoms with Crippen molar-refractivity contribution in [3.05, 3.63) is 0 Å². The third-order valence-corrected chi connectivity index (χ3v) is 1.07. The van der Waals surface area contributed by atoms with Crippen molar-refractivity contribution in [2.45, 2.75) is 26.1 Å². The van der Waals surface area contributed by atoms with Crippen LogP contribution in [0.1, 0.15) is 13.8 Å². The van der Waals surface area contributed by atoms with Crippen molar-refractivity contribution >= 4 is 11.6 Å². The largest absolute Gasteiger partial charge is 0.390 e. The number of carbonyl (C=O) groups excluding carboxylic acids is 2. The summed E-state index contributed by atoms with van der Waals surface area (Å²) in [7, 11) is 0. The number of rotatable bonds is 3. The second kappa shape index (κ2) is 3.43. The van der Waals surface area contributed by atoms with Crippen molar-refractivity contribution in [1.82, 2.24) is 0 Å². The number of Topliss-reactive ketones (excluding diaryl/α,β-unsaturated/α-hetero) is 2. The third-order valence-electron chi connectivity index (χ3n) is 1.07. The molecule has 4 nitrogen and oxygen atoms in total. The minimum absolute atomic E-state index is 0.742. The first-order valence-corrected chi connectivity index (χ1v) is 2.87. The Morgan fingerprint density at radius 1 is 1.30 bits per heavy atom. The van der Waals surface area contributed by atoms with E-state index in [4.69, 9.17) is 10.2 Å². The molecule has 0 aromatic rings. The summed E-state index contributed by atoms with van der Waals surface area (Å²) >= 11 is 0. The quantitative estimate of drug-likeness (QED) is 0.495. The Morgan fingerprint density at radius 3 is 1.80 bits per heavy atom. The van der Waals surface area contributed by atoms with Gasteiger partial charge in [-0.2, -0.15) is 0 Å². The predicted octanol–water partition coefficient (Wildman–Crippen LogP) is -1.11. The Bertz CT molecular complexity index is 150. The van der Waals surface area contributed by atoms with Gasteiger partial charge in [-0.05, 0) is 6.92 Å². The lowest BCUT2D eigenvalue weighted by molar-refractivity contribution is -0.143. The fraction of sp³-hybridized carbons (Fsp3) is 0.667. The van der Waals surface area contributed by atoms with Crippen LogP contribution in [-0.4, -0.2) is 34.0 Å². The Kier molecular flexibility index (Phi) is 3.18. The lowest BCUT2D eigenvalue weighted by Gasteiger charge is -2.08. The molecule has 0 aliphatic heterocycles. The van der Waals surface area contributed by atoms with Crippen LogP contribution >= 0.6 is 0 Å². The van der Waals surface area contributed by atoms with Crippen molar-refractivity contribution in [2.24, 2.45) is 0 Å². The van der Waals surface area contributed by atoms with Crippen LogP contribution < -0.4 is 0 Å². The fourth-order valence-corrected chi connectivity index (χ4v) is 0.427. The average Bonchev–Trinajstić information content (AvgIpc) is 1.84. The van der Waals surface area contributed by atoms with Gasteiger partial charge in [-0.3, -0.25) is 9.59 Å². The van der Waals surface area contributed by atoms with Gasteiger partial charge in [0.1, 0.15) is 6.10 Å². The highest BCUT2D eigenvalue weighted by Crippen LogP contribution is 1.93. The molecule has 0 aromatic heterocycles. The van der Waals surface area contributed by atoms with E-state index in [1.54, 1.807) is 0 Å². The number of aliphatic hydroxyl groups is 2. The number of aliphatic hydroxyl groups excluding tert-OH is 2. The van der Waals surface area contributed by atoms with Gasteiger partial charge in [0.25, 0.3) is 0 Å². The summed E-state index contributed by atoms with van der Waals surface area (Å²) in [5.74, 6) is -1.69. The second-order valence-corrected chi connectivity index (χ2v) is 2.11. The summed E-state index contributed by atoms with van der Waals surface area (Å²) in [6.07, 6.45) is -2.76. The molecule has 58 valence electrons. The molecule has 0 radical (unpaired) electrons. The molecular formula is C6H10O4. The third kappa shape index (κ3) is 2.24. The smallest absolute Gasteiger partial charge is 0.229 e. The van der Waals surface area contributed by atoms with E-state index in [0.29, 0.717) is 0 Å². The summed E-state index contributed by atoms with van der Waals surface area (Å²) in [4.78, 5) is 20.8. The standard InChI is InChI=1S/C6H10O4/c1-3(7)5(9)6(10)4(2)8/h3,5,7,9H,1-2H3/t3-,5+/m1/s1. The molecule has 0 bridgehead atoms. The Labute approximate surface area is 58.5 Å². The highest BCUT2D eigenvalue weighted by Gasteiger charge is 2.23. The molecule has 2 atom stereocenters. The molecular weight excluding hydrogens is 136 g/mol. The first-order chi connectivity index (χ1) is 4.46. The van der Waals surface area contributed by atoms with Crippen LogP contribution in [0.25, 0.3) is 0 Å². The highest BCUT2D eigenvalue weighted by atomic mass is 16.3. The summed E-state index contributed by atoms with van der Waals surface area (Å²) in [6.45, 7) is 2.29. The van der Waals surface area contributed by atoms with Gasteiger partial charge in [-0.1, -0.05) is 0 Å². The maximum atomic E-state index is 10.5. The average molecular weight is 146 g/mol. The van der Waals surface area contributed by atoms with Gasteiger partial charge in [-0.25, -0.2) is 0 Å². The van der Waals surface area contributed by atoms with Crippen molar-refractivity contribution in [1.29, 1.82) is 0 Å². The first-order valence-electron chi connectivity index (χ1n) is 2.87. The maximum Gasteiger partial charge on any atom is 0.229 e. The van der Waals surface area contributed by atoms with Gasteiger partial charge in [0.05, 0.1) is 6.10 Å². The van der Waals surface area contributed by atoms with Crippen LogP contribution in [0.4, 0.5) is 0 Å². The monoisotopic (exact) mass is 146 g/mol. The molecule has 0 amide bonds. The van der Waals surface area contributed by atoms with E-state index in [2.05, 4.69) is 0 Å². The molecule has 0 saturated carbocycles. The summed E-state index contributed by atoms with van der Waals surface area (Å²) in [5, 5.41) is 17.4. The van der Waals surface area contributed by atoms with Crippen molar-refractivity contribution < 1.29 is 19.8 Å². The van der Waals surface area contributed by atoms with E-state index in [1.165, 1.54) is 6.92 Å². The van der Waals surface area contributed by atoms with Gasteiger partial charge in [0.2, 0.25) is 5.78 Å². The van der Waals surface area contributed by atoms with E-state index in [-0.39, 0.29) is 0 Å². The molecule has 4 heteroatoms. The van der Waals surface area contributed by atoms with Crippen LogP contribution in [0.2, 0.25) is 0 Å². The molecule has 10 heavy (non-hydrogen) atoms. The van der Waals surface area contributed by atoms with Gasteiger partial charge in [0.15, 0.2) is 5.78 Å². The maximum absolute atomic E-state index is 10.5. The summed E-state index contributed by atoms with van der Waals surface area (Å²) < 4.78 is 0.